The Bertz CT molecular complexity index is 544. The van der Waals surface area contributed by atoms with Crippen LogP contribution in [0.5, 0.6) is 0 Å². The van der Waals surface area contributed by atoms with Crippen molar-refractivity contribution in [3.8, 4) is 0 Å². The molecule has 1 heterocycles. The standard InChI is InChI=1S/C13H14N2O4S/c1-2-7-15-11(16)10(20-13(15)19)14-9-5-3-8(4-6-9)12(17)18/h3-6,10,14H,2,7H2,1H3,(H,17,18)/t10-/m0/s1. The third-order valence-electron chi connectivity index (χ3n) is 2.81. The summed E-state index contributed by atoms with van der Waals surface area (Å²) >= 11 is 0.937. The lowest BCUT2D eigenvalue weighted by Crippen LogP contribution is -2.34. The molecule has 1 aliphatic rings. The molecule has 0 spiro atoms. The fourth-order valence-electron chi connectivity index (χ4n) is 1.82. The molecule has 0 saturated carbocycles. The molecule has 1 aliphatic heterocycles. The second-order valence-corrected chi connectivity index (χ2v) is 5.34. The maximum absolute atomic E-state index is 12.0. The second kappa shape index (κ2) is 5.96. The summed E-state index contributed by atoms with van der Waals surface area (Å²) in [6.45, 7) is 2.32. The Morgan fingerprint density at radius 3 is 2.55 bits per heavy atom. The van der Waals surface area contributed by atoms with Crippen molar-refractivity contribution >= 4 is 34.6 Å². The lowest BCUT2D eigenvalue weighted by atomic mass is 10.2. The monoisotopic (exact) mass is 294 g/mol. The molecular formula is C13H14N2O4S. The number of thioether (sulfide) groups is 1. The number of carboxylic acid groups (broad SMARTS) is 1. The Hall–Kier alpha value is -2.02. The van der Waals surface area contributed by atoms with Crippen molar-refractivity contribution in [1.82, 2.24) is 4.90 Å². The van der Waals surface area contributed by atoms with Gasteiger partial charge in [0.15, 0.2) is 5.37 Å². The molecule has 0 bridgehead atoms. The van der Waals surface area contributed by atoms with Crippen LogP contribution in [-0.2, 0) is 4.79 Å². The lowest BCUT2D eigenvalue weighted by Gasteiger charge is -2.13. The van der Waals surface area contributed by atoms with Crippen molar-refractivity contribution in [2.24, 2.45) is 0 Å². The summed E-state index contributed by atoms with van der Waals surface area (Å²) in [4.78, 5) is 35.6. The molecule has 2 rings (SSSR count). The Labute approximate surface area is 120 Å². The normalized spacial score (nSPS) is 18.4. The number of aromatic carboxylic acids is 1. The fourth-order valence-corrected chi connectivity index (χ4v) is 2.76. The van der Waals surface area contributed by atoms with Gasteiger partial charge in [-0.2, -0.15) is 0 Å². The minimum absolute atomic E-state index is 0.171. The molecule has 1 fully saturated rings. The Morgan fingerprint density at radius 1 is 1.35 bits per heavy atom. The number of nitrogens with one attached hydrogen (secondary N) is 1. The van der Waals surface area contributed by atoms with Gasteiger partial charge in [-0.1, -0.05) is 6.92 Å². The number of anilines is 1. The molecule has 0 unspecified atom stereocenters. The first-order chi connectivity index (χ1) is 9.52. The lowest BCUT2D eigenvalue weighted by molar-refractivity contribution is -0.126. The zero-order chi connectivity index (χ0) is 14.7. The van der Waals surface area contributed by atoms with Gasteiger partial charge in [0.1, 0.15) is 0 Å². The van der Waals surface area contributed by atoms with Crippen LogP contribution in [0.15, 0.2) is 24.3 Å². The van der Waals surface area contributed by atoms with Crippen molar-refractivity contribution in [2.75, 3.05) is 11.9 Å². The van der Waals surface area contributed by atoms with E-state index in [1.165, 1.54) is 17.0 Å². The van der Waals surface area contributed by atoms with E-state index in [0.717, 1.165) is 18.2 Å². The highest BCUT2D eigenvalue weighted by molar-refractivity contribution is 8.15. The van der Waals surface area contributed by atoms with Gasteiger partial charge in [0.25, 0.3) is 11.1 Å². The maximum atomic E-state index is 12.0. The summed E-state index contributed by atoms with van der Waals surface area (Å²) in [6.07, 6.45) is 0.720. The molecule has 0 radical (unpaired) electrons. The van der Waals surface area contributed by atoms with Gasteiger partial charge in [0, 0.05) is 12.2 Å². The SMILES string of the molecule is CCCN1C(=O)S[C@H](Nc2ccc(C(=O)O)cc2)C1=O. The molecule has 1 saturated heterocycles. The van der Waals surface area contributed by atoms with E-state index in [9.17, 15) is 14.4 Å². The van der Waals surface area contributed by atoms with Crippen LogP contribution in [0.3, 0.4) is 0 Å². The van der Waals surface area contributed by atoms with Gasteiger partial charge in [-0.25, -0.2) is 4.79 Å². The minimum Gasteiger partial charge on any atom is -0.478 e. The van der Waals surface area contributed by atoms with E-state index in [4.69, 9.17) is 5.11 Å². The molecular weight excluding hydrogens is 280 g/mol. The summed E-state index contributed by atoms with van der Waals surface area (Å²) in [5.74, 6) is -1.27. The molecule has 0 aliphatic carbocycles. The highest BCUT2D eigenvalue weighted by Gasteiger charge is 2.38. The van der Waals surface area contributed by atoms with Crippen LogP contribution in [0.2, 0.25) is 0 Å². The van der Waals surface area contributed by atoms with Crippen molar-refractivity contribution < 1.29 is 19.5 Å². The predicted molar refractivity (Wildman–Crippen MR) is 75.8 cm³/mol. The smallest absolute Gasteiger partial charge is 0.335 e. The minimum atomic E-state index is -1.01. The van der Waals surface area contributed by atoms with Crippen LogP contribution in [0, 0.1) is 0 Å². The van der Waals surface area contributed by atoms with Crippen LogP contribution < -0.4 is 5.32 Å². The van der Waals surface area contributed by atoms with Gasteiger partial charge in [-0.3, -0.25) is 14.5 Å². The van der Waals surface area contributed by atoms with E-state index in [1.54, 1.807) is 12.1 Å². The Balaban J connectivity index is 2.05. The van der Waals surface area contributed by atoms with E-state index in [-0.39, 0.29) is 16.7 Å². The van der Waals surface area contributed by atoms with Crippen molar-refractivity contribution in [1.29, 1.82) is 0 Å². The van der Waals surface area contributed by atoms with Crippen LogP contribution in [0.25, 0.3) is 0 Å². The van der Waals surface area contributed by atoms with Gasteiger partial charge >= 0.3 is 5.97 Å². The highest BCUT2D eigenvalue weighted by Crippen LogP contribution is 2.28. The molecule has 2 amide bonds. The summed E-state index contributed by atoms with van der Waals surface area (Å²) in [5.41, 5.74) is 0.775. The van der Waals surface area contributed by atoms with Gasteiger partial charge in [-0.05, 0) is 42.4 Å². The summed E-state index contributed by atoms with van der Waals surface area (Å²) in [7, 11) is 0. The largest absolute Gasteiger partial charge is 0.478 e. The summed E-state index contributed by atoms with van der Waals surface area (Å²) in [5, 5.41) is 10.8. The highest BCUT2D eigenvalue weighted by atomic mass is 32.2. The molecule has 7 heteroatoms. The van der Waals surface area contributed by atoms with E-state index in [2.05, 4.69) is 5.32 Å². The van der Waals surface area contributed by atoms with Crippen LogP contribution in [0.4, 0.5) is 10.5 Å². The number of nitrogens with zero attached hydrogens (tertiary/aromatic N) is 1. The number of carbonyl (C=O) groups excluding carboxylic acids is 2. The topological polar surface area (TPSA) is 86.7 Å². The first kappa shape index (κ1) is 14.4. The Morgan fingerprint density at radius 2 is 2.00 bits per heavy atom. The van der Waals surface area contributed by atoms with E-state index >= 15 is 0 Å². The third kappa shape index (κ3) is 2.93. The summed E-state index contributed by atoms with van der Waals surface area (Å²) < 4.78 is 0. The molecule has 106 valence electrons. The zero-order valence-corrected chi connectivity index (χ0v) is 11.6. The number of benzene rings is 1. The number of hydrogen-bond donors (Lipinski definition) is 2. The predicted octanol–water partition coefficient (Wildman–Crippen LogP) is 2.23. The number of carbonyl (C=O) groups is 3. The second-order valence-electron chi connectivity index (χ2n) is 4.28. The van der Waals surface area contributed by atoms with Gasteiger partial charge in [0.2, 0.25) is 0 Å². The quantitative estimate of drug-likeness (QED) is 0.866. The van der Waals surface area contributed by atoms with Gasteiger partial charge < -0.3 is 10.4 Å². The van der Waals surface area contributed by atoms with Crippen molar-refractivity contribution in [3.63, 3.8) is 0 Å². The van der Waals surface area contributed by atoms with Gasteiger partial charge in [-0.15, -0.1) is 0 Å². The van der Waals surface area contributed by atoms with E-state index < -0.39 is 11.3 Å². The third-order valence-corrected chi connectivity index (χ3v) is 3.78. The van der Waals surface area contributed by atoms with Crippen LogP contribution >= 0.6 is 11.8 Å². The summed E-state index contributed by atoms with van der Waals surface area (Å²) in [6, 6.07) is 6.04. The molecule has 0 aromatic heterocycles. The molecule has 2 N–H and O–H groups in total. The molecule has 20 heavy (non-hydrogen) atoms. The average molecular weight is 294 g/mol. The molecule has 1 atom stereocenters. The number of carboxylic acids is 1. The molecule has 1 aromatic carbocycles. The first-order valence-electron chi connectivity index (χ1n) is 6.15. The van der Waals surface area contributed by atoms with E-state index in [0.29, 0.717) is 12.2 Å². The number of imide groups is 1. The zero-order valence-electron chi connectivity index (χ0n) is 10.8. The fraction of sp³-hybridized carbons (Fsp3) is 0.308. The van der Waals surface area contributed by atoms with Crippen molar-refractivity contribution in [3.05, 3.63) is 29.8 Å². The number of hydrogen-bond acceptors (Lipinski definition) is 5. The van der Waals surface area contributed by atoms with Crippen molar-refractivity contribution in [2.45, 2.75) is 18.7 Å². The maximum Gasteiger partial charge on any atom is 0.335 e. The number of rotatable bonds is 5. The van der Waals surface area contributed by atoms with Crippen LogP contribution in [-0.4, -0.2) is 39.0 Å². The van der Waals surface area contributed by atoms with Gasteiger partial charge in [0.05, 0.1) is 5.56 Å². The number of amides is 2. The molecule has 1 aromatic rings. The first-order valence-corrected chi connectivity index (χ1v) is 7.02. The van der Waals surface area contributed by atoms with Crippen LogP contribution in [0.1, 0.15) is 23.7 Å². The molecule has 6 nitrogen and oxygen atoms in total. The average Bonchev–Trinajstić information content (AvgIpc) is 2.67. The van der Waals surface area contributed by atoms with E-state index in [1.807, 2.05) is 6.92 Å². The Kier molecular flexibility index (Phi) is 4.29.